The van der Waals surface area contributed by atoms with Crippen LogP contribution in [-0.4, -0.2) is 19.6 Å². The van der Waals surface area contributed by atoms with Crippen molar-refractivity contribution in [2.45, 2.75) is 6.92 Å². The quantitative estimate of drug-likeness (QED) is 0.783. The highest BCUT2D eigenvalue weighted by atomic mass is 35.5. The molecule has 0 aliphatic heterocycles. The summed E-state index contributed by atoms with van der Waals surface area (Å²) in [6.45, 7) is 2.08. The predicted molar refractivity (Wildman–Crippen MR) is 56.7 cm³/mol. The van der Waals surface area contributed by atoms with Gasteiger partial charge in [-0.25, -0.2) is 0 Å². The maximum absolute atomic E-state index is 10.9. The Morgan fingerprint density at radius 3 is 2.93 bits per heavy atom. The minimum Gasteiger partial charge on any atom is -0.468 e. The fourth-order valence-corrected chi connectivity index (χ4v) is 1.20. The van der Waals surface area contributed by atoms with Crippen molar-refractivity contribution in [1.29, 1.82) is 0 Å². The van der Waals surface area contributed by atoms with Crippen molar-refractivity contribution in [3.63, 3.8) is 0 Å². The Morgan fingerprint density at radius 2 is 2.29 bits per heavy atom. The lowest BCUT2D eigenvalue weighted by molar-refractivity contribution is -0.138. The normalized spacial score (nSPS) is 9.64. The van der Waals surface area contributed by atoms with Crippen molar-refractivity contribution in [3.05, 3.63) is 28.8 Å². The number of hydrogen-bond donors (Lipinski definition) is 1. The lowest BCUT2D eigenvalue weighted by Crippen LogP contribution is -2.15. The Kier molecular flexibility index (Phi) is 3.77. The van der Waals surface area contributed by atoms with Gasteiger partial charge in [-0.1, -0.05) is 17.7 Å². The van der Waals surface area contributed by atoms with Crippen LogP contribution >= 0.6 is 11.6 Å². The first kappa shape index (κ1) is 10.9. The average molecular weight is 214 g/mol. The average Bonchev–Trinajstić information content (AvgIpc) is 2.19. The highest BCUT2D eigenvalue weighted by Crippen LogP contribution is 2.22. The van der Waals surface area contributed by atoms with E-state index >= 15 is 0 Å². The first-order valence-electron chi connectivity index (χ1n) is 4.20. The van der Waals surface area contributed by atoms with Crippen LogP contribution in [0.3, 0.4) is 0 Å². The molecule has 0 aliphatic carbocycles. The molecule has 4 heteroatoms. The summed E-state index contributed by atoms with van der Waals surface area (Å²) in [6.07, 6.45) is 0. The summed E-state index contributed by atoms with van der Waals surface area (Å²) < 4.78 is 4.50. The number of halogens is 1. The van der Waals surface area contributed by atoms with Gasteiger partial charge in [0.1, 0.15) is 6.54 Å². The summed E-state index contributed by atoms with van der Waals surface area (Å²) in [5, 5.41) is 3.49. The second-order valence-electron chi connectivity index (χ2n) is 2.91. The van der Waals surface area contributed by atoms with Crippen LogP contribution in [0, 0.1) is 6.92 Å². The Balaban J connectivity index is 2.66. The van der Waals surface area contributed by atoms with Crippen LogP contribution in [0.15, 0.2) is 18.2 Å². The molecule has 0 bridgehead atoms. The Hall–Kier alpha value is -1.22. The van der Waals surface area contributed by atoms with Crippen molar-refractivity contribution in [2.24, 2.45) is 0 Å². The van der Waals surface area contributed by atoms with Crippen LogP contribution in [0.4, 0.5) is 5.69 Å². The van der Waals surface area contributed by atoms with Gasteiger partial charge in [0, 0.05) is 0 Å². The third-order valence-electron chi connectivity index (χ3n) is 1.77. The van der Waals surface area contributed by atoms with E-state index in [1.165, 1.54) is 7.11 Å². The maximum atomic E-state index is 10.9. The van der Waals surface area contributed by atoms with Crippen LogP contribution < -0.4 is 5.32 Å². The molecule has 0 saturated carbocycles. The van der Waals surface area contributed by atoms with Crippen LogP contribution in [0.1, 0.15) is 5.56 Å². The van der Waals surface area contributed by atoms with Gasteiger partial charge < -0.3 is 10.1 Å². The molecule has 3 nitrogen and oxygen atoms in total. The molecular weight excluding hydrogens is 202 g/mol. The largest absolute Gasteiger partial charge is 0.468 e. The highest BCUT2D eigenvalue weighted by molar-refractivity contribution is 6.33. The molecule has 0 aliphatic rings. The number of hydrogen-bond acceptors (Lipinski definition) is 3. The monoisotopic (exact) mass is 213 g/mol. The van der Waals surface area contributed by atoms with E-state index in [0.29, 0.717) is 5.02 Å². The van der Waals surface area contributed by atoms with E-state index in [2.05, 4.69) is 10.1 Å². The zero-order chi connectivity index (χ0) is 10.6. The van der Waals surface area contributed by atoms with E-state index in [9.17, 15) is 4.79 Å². The lowest BCUT2D eigenvalue weighted by atomic mass is 10.2. The van der Waals surface area contributed by atoms with E-state index in [0.717, 1.165) is 11.3 Å². The van der Waals surface area contributed by atoms with Crippen LogP contribution in [0.5, 0.6) is 0 Å². The van der Waals surface area contributed by atoms with Gasteiger partial charge in [0.2, 0.25) is 0 Å². The van der Waals surface area contributed by atoms with Crippen LogP contribution in [0.25, 0.3) is 0 Å². The summed E-state index contributed by atoms with van der Waals surface area (Å²) in [7, 11) is 1.35. The number of carbonyl (C=O) groups excluding carboxylic acids is 1. The van der Waals surface area contributed by atoms with Gasteiger partial charge in [-0.05, 0) is 24.6 Å². The standard InChI is InChI=1S/C10H12ClNO2/c1-7-3-4-8(11)9(5-7)12-6-10(13)14-2/h3-5,12H,6H2,1-2H3. The molecule has 0 unspecified atom stereocenters. The molecule has 76 valence electrons. The van der Waals surface area contributed by atoms with Crippen molar-refractivity contribution >= 4 is 23.3 Å². The molecule has 1 N–H and O–H groups in total. The molecule has 0 heterocycles. The Bertz CT molecular complexity index is 339. The third kappa shape index (κ3) is 2.92. The minimum atomic E-state index is -0.317. The molecule has 1 aromatic carbocycles. The van der Waals surface area contributed by atoms with E-state index in [-0.39, 0.29) is 12.5 Å². The number of carbonyl (C=O) groups is 1. The van der Waals surface area contributed by atoms with Crippen LogP contribution in [-0.2, 0) is 9.53 Å². The fraction of sp³-hybridized carbons (Fsp3) is 0.300. The first-order chi connectivity index (χ1) is 6.63. The topological polar surface area (TPSA) is 38.3 Å². The summed E-state index contributed by atoms with van der Waals surface area (Å²) in [4.78, 5) is 10.9. The van der Waals surface area contributed by atoms with E-state index in [4.69, 9.17) is 11.6 Å². The molecule has 0 atom stereocenters. The summed E-state index contributed by atoms with van der Waals surface area (Å²) in [5.74, 6) is -0.317. The van der Waals surface area contributed by atoms with Gasteiger partial charge in [0.25, 0.3) is 0 Å². The van der Waals surface area contributed by atoms with Crippen LogP contribution in [0.2, 0.25) is 5.02 Å². The van der Waals surface area contributed by atoms with Gasteiger partial charge in [-0.2, -0.15) is 0 Å². The molecule has 0 saturated heterocycles. The van der Waals surface area contributed by atoms with Gasteiger partial charge in [0.15, 0.2) is 0 Å². The van der Waals surface area contributed by atoms with Crippen molar-refractivity contribution in [1.82, 2.24) is 0 Å². The Labute approximate surface area is 88.0 Å². The summed E-state index contributed by atoms with van der Waals surface area (Å²) in [5.41, 5.74) is 1.83. The SMILES string of the molecule is COC(=O)CNc1cc(C)ccc1Cl. The highest BCUT2D eigenvalue weighted by Gasteiger charge is 2.03. The number of aryl methyl sites for hydroxylation is 1. The van der Waals surface area contributed by atoms with Crippen molar-refractivity contribution in [3.8, 4) is 0 Å². The minimum absolute atomic E-state index is 0.125. The van der Waals surface area contributed by atoms with E-state index in [1.54, 1.807) is 6.07 Å². The number of benzene rings is 1. The molecular formula is C10H12ClNO2. The van der Waals surface area contributed by atoms with Gasteiger partial charge in [-0.15, -0.1) is 0 Å². The summed E-state index contributed by atoms with van der Waals surface area (Å²) in [6, 6.07) is 5.58. The fourth-order valence-electron chi connectivity index (χ4n) is 1.01. The predicted octanol–water partition coefficient (Wildman–Crippen LogP) is 2.23. The lowest BCUT2D eigenvalue weighted by Gasteiger charge is -2.07. The smallest absolute Gasteiger partial charge is 0.325 e. The zero-order valence-electron chi connectivity index (χ0n) is 8.13. The van der Waals surface area contributed by atoms with Crippen molar-refractivity contribution < 1.29 is 9.53 Å². The van der Waals surface area contributed by atoms with Crippen molar-refractivity contribution in [2.75, 3.05) is 19.0 Å². The number of methoxy groups -OCH3 is 1. The molecule has 0 aromatic heterocycles. The zero-order valence-corrected chi connectivity index (χ0v) is 8.89. The van der Waals surface area contributed by atoms with Gasteiger partial charge >= 0.3 is 5.97 Å². The Morgan fingerprint density at radius 1 is 1.57 bits per heavy atom. The molecule has 0 spiro atoms. The molecule has 14 heavy (non-hydrogen) atoms. The number of nitrogens with one attached hydrogen (secondary N) is 1. The summed E-state index contributed by atoms with van der Waals surface area (Å²) >= 11 is 5.91. The third-order valence-corrected chi connectivity index (χ3v) is 2.10. The number of esters is 1. The number of rotatable bonds is 3. The second-order valence-corrected chi connectivity index (χ2v) is 3.32. The molecule has 1 aromatic rings. The molecule has 1 rings (SSSR count). The number of anilines is 1. The van der Waals surface area contributed by atoms with Gasteiger partial charge in [0.05, 0.1) is 17.8 Å². The molecule has 0 radical (unpaired) electrons. The molecule has 0 amide bonds. The number of ether oxygens (including phenoxy) is 1. The first-order valence-corrected chi connectivity index (χ1v) is 4.58. The van der Waals surface area contributed by atoms with Gasteiger partial charge in [-0.3, -0.25) is 4.79 Å². The maximum Gasteiger partial charge on any atom is 0.325 e. The molecule has 0 fully saturated rings. The second kappa shape index (κ2) is 4.86. The van der Waals surface area contributed by atoms with E-state index in [1.807, 2.05) is 19.1 Å². The van der Waals surface area contributed by atoms with E-state index < -0.39 is 0 Å².